The Kier molecular flexibility index (Phi) is 4.11. The maximum absolute atomic E-state index is 14.0. The number of nitrogens with zero attached hydrogens (tertiary/aromatic N) is 1. The highest BCUT2D eigenvalue weighted by atomic mass is 19.1. The van der Waals surface area contributed by atoms with E-state index in [0.29, 0.717) is 13.1 Å². The van der Waals surface area contributed by atoms with Crippen LogP contribution in [0.3, 0.4) is 0 Å². The molecule has 5 heteroatoms. The van der Waals surface area contributed by atoms with Gasteiger partial charge in [0.25, 0.3) is 0 Å². The summed E-state index contributed by atoms with van der Waals surface area (Å²) in [6.07, 6.45) is 6.42. The van der Waals surface area contributed by atoms with Crippen molar-refractivity contribution >= 4 is 5.69 Å². The molecule has 0 unspecified atom stereocenters. The van der Waals surface area contributed by atoms with E-state index in [1.54, 1.807) is 4.90 Å². The Morgan fingerprint density at radius 1 is 0.952 bits per heavy atom. The molecule has 0 amide bonds. The van der Waals surface area contributed by atoms with Crippen LogP contribution in [-0.4, -0.2) is 25.2 Å². The van der Waals surface area contributed by atoms with Gasteiger partial charge in [0.15, 0.2) is 11.6 Å². The van der Waals surface area contributed by atoms with Crippen molar-refractivity contribution in [1.82, 2.24) is 5.32 Å². The number of rotatable bonds is 1. The van der Waals surface area contributed by atoms with Gasteiger partial charge < -0.3 is 10.2 Å². The number of hydrogen-bond acceptors (Lipinski definition) is 2. The first-order chi connectivity index (χ1) is 10.1. The van der Waals surface area contributed by atoms with Gasteiger partial charge >= 0.3 is 0 Å². The minimum Gasteiger partial charge on any atom is -0.365 e. The van der Waals surface area contributed by atoms with Crippen molar-refractivity contribution in [2.75, 3.05) is 24.5 Å². The van der Waals surface area contributed by atoms with E-state index in [-0.39, 0.29) is 11.2 Å². The van der Waals surface area contributed by atoms with Crippen molar-refractivity contribution in [2.24, 2.45) is 0 Å². The second kappa shape index (κ2) is 5.87. The van der Waals surface area contributed by atoms with Crippen LogP contribution in [0, 0.1) is 17.5 Å². The molecule has 1 N–H and O–H groups in total. The smallest absolute Gasteiger partial charge is 0.152 e. The van der Waals surface area contributed by atoms with Crippen LogP contribution in [0.1, 0.15) is 38.5 Å². The summed E-state index contributed by atoms with van der Waals surface area (Å²) in [7, 11) is 0. The lowest BCUT2D eigenvalue weighted by Crippen LogP contribution is -2.53. The molecule has 21 heavy (non-hydrogen) atoms. The molecule has 3 rings (SSSR count). The molecular weight excluding hydrogens is 277 g/mol. The summed E-state index contributed by atoms with van der Waals surface area (Å²) in [6, 6.07) is 1.54. The zero-order valence-corrected chi connectivity index (χ0v) is 12.1. The summed E-state index contributed by atoms with van der Waals surface area (Å²) in [4.78, 5) is 1.76. The summed E-state index contributed by atoms with van der Waals surface area (Å²) >= 11 is 0. The van der Waals surface area contributed by atoms with Crippen molar-refractivity contribution in [2.45, 2.75) is 44.1 Å². The number of hydrogen-bond donors (Lipinski definition) is 1. The van der Waals surface area contributed by atoms with E-state index in [1.807, 2.05) is 0 Å². The zero-order valence-electron chi connectivity index (χ0n) is 12.1. The second-order valence-corrected chi connectivity index (χ2v) is 6.26. The predicted octanol–water partition coefficient (Wildman–Crippen LogP) is 3.61. The van der Waals surface area contributed by atoms with Gasteiger partial charge in [-0.05, 0) is 25.8 Å². The van der Waals surface area contributed by atoms with Gasteiger partial charge in [0.2, 0.25) is 0 Å². The van der Waals surface area contributed by atoms with Gasteiger partial charge in [0.1, 0.15) is 11.5 Å². The third kappa shape index (κ3) is 3.03. The molecule has 2 aliphatic rings. The molecule has 2 nitrogen and oxygen atoms in total. The molecule has 1 aromatic carbocycles. The minimum absolute atomic E-state index is 0.0536. The maximum atomic E-state index is 14.0. The highest BCUT2D eigenvalue weighted by Gasteiger charge is 2.36. The molecule has 1 aliphatic heterocycles. The number of halogens is 3. The molecule has 0 aromatic heterocycles. The topological polar surface area (TPSA) is 15.3 Å². The molecule has 2 fully saturated rings. The molecule has 1 spiro atoms. The quantitative estimate of drug-likeness (QED) is 0.852. The molecule has 0 atom stereocenters. The third-order valence-electron chi connectivity index (χ3n) is 4.71. The second-order valence-electron chi connectivity index (χ2n) is 6.26. The van der Waals surface area contributed by atoms with Crippen LogP contribution in [0.5, 0.6) is 0 Å². The van der Waals surface area contributed by atoms with Crippen LogP contribution in [0.15, 0.2) is 12.1 Å². The molecule has 116 valence electrons. The fourth-order valence-corrected chi connectivity index (χ4v) is 3.71. The maximum Gasteiger partial charge on any atom is 0.152 e. The Bertz CT molecular complexity index is 489. The zero-order chi connectivity index (χ0) is 14.9. The molecule has 1 saturated carbocycles. The predicted molar refractivity (Wildman–Crippen MR) is 77.0 cm³/mol. The first-order valence-corrected chi connectivity index (χ1v) is 7.74. The minimum atomic E-state index is -0.867. The average molecular weight is 298 g/mol. The Morgan fingerprint density at radius 2 is 1.62 bits per heavy atom. The number of nitrogens with one attached hydrogen (secondary N) is 1. The summed E-state index contributed by atoms with van der Waals surface area (Å²) in [6.45, 7) is 2.04. The first-order valence-electron chi connectivity index (χ1n) is 7.74. The van der Waals surface area contributed by atoms with Crippen LogP contribution in [0.25, 0.3) is 0 Å². The van der Waals surface area contributed by atoms with Gasteiger partial charge in [-0.3, -0.25) is 0 Å². The van der Waals surface area contributed by atoms with E-state index in [0.717, 1.165) is 50.8 Å². The van der Waals surface area contributed by atoms with E-state index >= 15 is 0 Å². The van der Waals surface area contributed by atoms with Crippen molar-refractivity contribution in [3.63, 3.8) is 0 Å². The van der Waals surface area contributed by atoms with E-state index in [4.69, 9.17) is 0 Å². The molecule has 0 bridgehead atoms. The lowest BCUT2D eigenvalue weighted by molar-refractivity contribution is 0.246. The van der Waals surface area contributed by atoms with Crippen molar-refractivity contribution in [1.29, 1.82) is 0 Å². The van der Waals surface area contributed by atoms with E-state index < -0.39 is 17.5 Å². The Balaban J connectivity index is 1.90. The van der Waals surface area contributed by atoms with Gasteiger partial charge in [-0.15, -0.1) is 0 Å². The molecule has 0 radical (unpaired) electrons. The van der Waals surface area contributed by atoms with Gasteiger partial charge in [0, 0.05) is 30.8 Å². The summed E-state index contributed by atoms with van der Waals surface area (Å²) in [5, 5.41) is 3.59. The molecule has 1 aliphatic carbocycles. The van der Waals surface area contributed by atoms with E-state index in [1.165, 1.54) is 6.42 Å². The lowest BCUT2D eigenvalue weighted by Gasteiger charge is -2.40. The normalized spacial score (nSPS) is 22.3. The highest BCUT2D eigenvalue weighted by Crippen LogP contribution is 2.33. The molecule has 1 saturated heterocycles. The van der Waals surface area contributed by atoms with Crippen LogP contribution < -0.4 is 10.2 Å². The molecule has 1 aromatic rings. The lowest BCUT2D eigenvalue weighted by atomic mass is 9.81. The van der Waals surface area contributed by atoms with E-state index in [2.05, 4.69) is 5.32 Å². The van der Waals surface area contributed by atoms with Crippen LogP contribution in [-0.2, 0) is 0 Å². The summed E-state index contributed by atoms with van der Waals surface area (Å²) in [5.74, 6) is -2.48. The monoisotopic (exact) mass is 298 g/mol. The number of anilines is 1. The van der Waals surface area contributed by atoms with E-state index in [9.17, 15) is 13.2 Å². The standard InChI is InChI=1S/C16H21F3N2/c17-12-9-13(18)15(14(19)10-12)21-8-4-7-20-16(11-21)5-2-1-3-6-16/h9-10,20H,1-8,11H2. The van der Waals surface area contributed by atoms with Crippen molar-refractivity contribution in [3.8, 4) is 0 Å². The fraction of sp³-hybridized carbons (Fsp3) is 0.625. The SMILES string of the molecule is Fc1cc(F)c(N2CCCNC3(CCCCC3)C2)c(F)c1. The third-order valence-corrected chi connectivity index (χ3v) is 4.71. The molecular formula is C16H21F3N2. The summed E-state index contributed by atoms with van der Waals surface area (Å²) < 4.78 is 41.2. The largest absolute Gasteiger partial charge is 0.365 e. The molecule has 1 heterocycles. The highest BCUT2D eigenvalue weighted by molar-refractivity contribution is 5.50. The fourth-order valence-electron chi connectivity index (χ4n) is 3.71. The van der Waals surface area contributed by atoms with Crippen molar-refractivity contribution < 1.29 is 13.2 Å². The number of benzene rings is 1. The van der Waals surface area contributed by atoms with Crippen LogP contribution in [0.4, 0.5) is 18.9 Å². The van der Waals surface area contributed by atoms with Crippen LogP contribution >= 0.6 is 0 Å². The average Bonchev–Trinajstić information content (AvgIpc) is 2.61. The van der Waals surface area contributed by atoms with Crippen molar-refractivity contribution in [3.05, 3.63) is 29.6 Å². The summed E-state index contributed by atoms with van der Waals surface area (Å²) in [5.41, 5.74) is -0.132. The Hall–Kier alpha value is -1.23. The van der Waals surface area contributed by atoms with Crippen LogP contribution in [0.2, 0.25) is 0 Å². The van der Waals surface area contributed by atoms with Gasteiger partial charge in [-0.1, -0.05) is 19.3 Å². The first kappa shape index (κ1) is 14.7. The van der Waals surface area contributed by atoms with Gasteiger partial charge in [0.05, 0.1) is 0 Å². The van der Waals surface area contributed by atoms with Gasteiger partial charge in [-0.2, -0.15) is 0 Å². The Morgan fingerprint density at radius 3 is 2.29 bits per heavy atom. The Labute approximate surface area is 123 Å². The van der Waals surface area contributed by atoms with Gasteiger partial charge in [-0.25, -0.2) is 13.2 Å².